The number of thiazole rings is 1. The summed E-state index contributed by atoms with van der Waals surface area (Å²) in [4.78, 5) is 5.42. The maximum atomic E-state index is 10.3. The van der Waals surface area contributed by atoms with E-state index in [9.17, 15) is 5.11 Å². The molecule has 0 aliphatic rings. The molecule has 9 heteroatoms. The van der Waals surface area contributed by atoms with E-state index < -0.39 is 0 Å². The number of phenolic OH excluding ortho intramolecular Hbond substituents is 1. The van der Waals surface area contributed by atoms with Crippen molar-refractivity contribution in [2.45, 2.75) is 0 Å². The number of aromatic hydroxyl groups is 1. The number of methoxy groups -OCH3 is 3. The molecule has 0 saturated heterocycles. The zero-order valence-electron chi connectivity index (χ0n) is 18.7. The Morgan fingerprint density at radius 2 is 1.65 bits per heavy atom. The number of rotatable bonds is 7. The third-order valence-electron chi connectivity index (χ3n) is 4.97. The molecule has 0 aliphatic heterocycles. The molecule has 0 bridgehead atoms. The molecule has 0 fully saturated rings. The van der Waals surface area contributed by atoms with Gasteiger partial charge in [0.25, 0.3) is 0 Å². The maximum Gasteiger partial charge on any atom is 0.211 e. The fourth-order valence-corrected chi connectivity index (χ4v) is 4.43. The van der Waals surface area contributed by atoms with Crippen molar-refractivity contribution >= 4 is 39.2 Å². The first-order chi connectivity index (χ1) is 16.5. The van der Waals surface area contributed by atoms with Crippen LogP contribution in [0.2, 0.25) is 0 Å². The van der Waals surface area contributed by atoms with E-state index in [1.54, 1.807) is 50.4 Å². The van der Waals surface area contributed by atoms with Gasteiger partial charge in [-0.2, -0.15) is 5.10 Å². The zero-order chi connectivity index (χ0) is 24.1. The largest absolute Gasteiger partial charge is 0.507 e. The van der Waals surface area contributed by atoms with E-state index in [-0.39, 0.29) is 5.75 Å². The van der Waals surface area contributed by atoms with Crippen LogP contribution in [0.3, 0.4) is 0 Å². The van der Waals surface area contributed by atoms with Crippen LogP contribution < -0.4 is 19.0 Å². The third kappa shape index (κ3) is 5.16. The van der Waals surface area contributed by atoms with E-state index >= 15 is 0 Å². The molecule has 0 saturated carbocycles. The van der Waals surface area contributed by atoms with Gasteiger partial charge in [-0.25, -0.2) is 9.67 Å². The Hall–Kier alpha value is -3.56. The lowest BCUT2D eigenvalue weighted by molar-refractivity contribution is 0.404. The average molecular weight is 540 g/mol. The molecule has 34 heavy (non-hydrogen) atoms. The van der Waals surface area contributed by atoms with Gasteiger partial charge in [-0.05, 0) is 60.7 Å². The molecule has 0 spiro atoms. The van der Waals surface area contributed by atoms with Crippen molar-refractivity contribution in [3.63, 3.8) is 0 Å². The number of phenols is 1. The molecule has 7 nitrogen and oxygen atoms in total. The van der Waals surface area contributed by atoms with Crippen molar-refractivity contribution < 1.29 is 19.3 Å². The monoisotopic (exact) mass is 539 g/mol. The topological polar surface area (TPSA) is 77.6 Å². The van der Waals surface area contributed by atoms with Crippen molar-refractivity contribution in [3.05, 3.63) is 80.9 Å². The second kappa shape index (κ2) is 10.6. The number of aromatic nitrogens is 1. The van der Waals surface area contributed by atoms with E-state index in [4.69, 9.17) is 19.2 Å². The second-order valence-corrected chi connectivity index (χ2v) is 8.79. The predicted molar refractivity (Wildman–Crippen MR) is 138 cm³/mol. The number of ether oxygens (including phenoxy) is 3. The summed E-state index contributed by atoms with van der Waals surface area (Å²) in [6.07, 6.45) is 1.59. The number of nitrogens with zero attached hydrogens (tertiary/aromatic N) is 3. The maximum absolute atomic E-state index is 10.3. The minimum atomic E-state index is 0.122. The number of halogens is 1. The highest BCUT2D eigenvalue weighted by molar-refractivity contribution is 9.10. The minimum Gasteiger partial charge on any atom is -0.507 e. The molecule has 0 atom stereocenters. The van der Waals surface area contributed by atoms with E-state index in [0.29, 0.717) is 21.9 Å². The second-order valence-electron chi connectivity index (χ2n) is 7.04. The van der Waals surface area contributed by atoms with Crippen LogP contribution in [-0.4, -0.2) is 37.3 Å². The molecule has 1 N–H and O–H groups in total. The van der Waals surface area contributed by atoms with Gasteiger partial charge in [0.2, 0.25) is 4.80 Å². The molecule has 174 valence electrons. The van der Waals surface area contributed by atoms with E-state index in [1.807, 2.05) is 47.8 Å². The van der Waals surface area contributed by atoms with Crippen LogP contribution in [0.25, 0.3) is 11.3 Å². The Morgan fingerprint density at radius 1 is 0.912 bits per heavy atom. The fraction of sp³-hybridized carbons (Fsp3) is 0.120. The van der Waals surface area contributed by atoms with E-state index in [2.05, 4.69) is 21.0 Å². The molecule has 1 heterocycles. The summed E-state index contributed by atoms with van der Waals surface area (Å²) in [6.45, 7) is 0. The molecule has 0 radical (unpaired) electrons. The number of benzene rings is 3. The van der Waals surface area contributed by atoms with Gasteiger partial charge in [0.1, 0.15) is 23.0 Å². The molecular formula is C25H22BrN3O4S. The van der Waals surface area contributed by atoms with Crippen LogP contribution in [0.4, 0.5) is 5.69 Å². The number of hydrogen-bond donors (Lipinski definition) is 1. The van der Waals surface area contributed by atoms with Gasteiger partial charge in [0, 0.05) is 21.0 Å². The van der Waals surface area contributed by atoms with E-state index in [1.165, 1.54) is 11.3 Å². The van der Waals surface area contributed by atoms with Gasteiger partial charge in [0.15, 0.2) is 0 Å². The Kier molecular flexibility index (Phi) is 7.34. The SMILES string of the molecule is COc1ccc(N=c2scc(-c3cc(OC)ccc3OC)n2N=Cc2cc(Br)ccc2O)cc1. The van der Waals surface area contributed by atoms with Crippen LogP contribution in [0.5, 0.6) is 23.0 Å². The lowest BCUT2D eigenvalue weighted by Crippen LogP contribution is -2.12. The summed E-state index contributed by atoms with van der Waals surface area (Å²) in [5.41, 5.74) is 2.87. The lowest BCUT2D eigenvalue weighted by atomic mass is 10.1. The summed E-state index contributed by atoms with van der Waals surface area (Å²) in [7, 11) is 4.86. The fourth-order valence-electron chi connectivity index (χ4n) is 3.20. The molecule has 4 rings (SSSR count). The van der Waals surface area contributed by atoms with Crippen molar-refractivity contribution in [2.75, 3.05) is 21.3 Å². The minimum absolute atomic E-state index is 0.122. The van der Waals surface area contributed by atoms with Crippen LogP contribution in [-0.2, 0) is 0 Å². The highest BCUT2D eigenvalue weighted by Gasteiger charge is 2.14. The molecule has 4 aromatic rings. The molecule has 1 aromatic heterocycles. The van der Waals surface area contributed by atoms with Gasteiger partial charge >= 0.3 is 0 Å². The first-order valence-corrected chi connectivity index (χ1v) is 11.8. The van der Waals surface area contributed by atoms with Gasteiger partial charge in [-0.3, -0.25) is 0 Å². The van der Waals surface area contributed by atoms with Crippen molar-refractivity contribution in [1.82, 2.24) is 4.68 Å². The van der Waals surface area contributed by atoms with Gasteiger partial charge < -0.3 is 19.3 Å². The molecule has 3 aromatic carbocycles. The smallest absolute Gasteiger partial charge is 0.211 e. The van der Waals surface area contributed by atoms with Gasteiger partial charge in [0.05, 0.1) is 38.9 Å². The Balaban J connectivity index is 1.90. The van der Waals surface area contributed by atoms with Crippen LogP contribution in [0, 0.1) is 0 Å². The van der Waals surface area contributed by atoms with Gasteiger partial charge in [-0.15, -0.1) is 11.3 Å². The van der Waals surface area contributed by atoms with Crippen LogP contribution in [0.15, 0.2) is 80.6 Å². The van der Waals surface area contributed by atoms with Crippen molar-refractivity contribution in [1.29, 1.82) is 0 Å². The summed E-state index contributed by atoms with van der Waals surface area (Å²) in [5.74, 6) is 2.24. The first kappa shape index (κ1) is 23.6. The first-order valence-electron chi connectivity index (χ1n) is 10.2. The van der Waals surface area contributed by atoms with Crippen molar-refractivity contribution in [3.8, 4) is 34.3 Å². The lowest BCUT2D eigenvalue weighted by Gasteiger charge is -2.11. The molecular weight excluding hydrogens is 518 g/mol. The standard InChI is InChI=1S/C25H22BrN3O4S/c1-31-19-7-5-18(6-8-19)28-25-29(27-14-16-12-17(26)4-10-23(16)30)22(15-34-25)21-13-20(32-2)9-11-24(21)33-3/h4-15,30H,1-3H3. The van der Waals surface area contributed by atoms with Gasteiger partial charge in [-0.1, -0.05) is 15.9 Å². The number of hydrogen-bond acceptors (Lipinski definition) is 7. The Morgan fingerprint density at radius 3 is 2.35 bits per heavy atom. The summed E-state index contributed by atoms with van der Waals surface area (Å²) < 4.78 is 18.8. The van der Waals surface area contributed by atoms with Crippen LogP contribution in [0.1, 0.15) is 5.56 Å². The highest BCUT2D eigenvalue weighted by Crippen LogP contribution is 2.34. The predicted octanol–water partition coefficient (Wildman–Crippen LogP) is 5.83. The van der Waals surface area contributed by atoms with Crippen LogP contribution >= 0.6 is 27.3 Å². The summed E-state index contributed by atoms with van der Waals surface area (Å²) in [5, 5.41) is 16.9. The molecule has 0 amide bonds. The Labute approximate surface area is 209 Å². The summed E-state index contributed by atoms with van der Waals surface area (Å²) in [6, 6.07) is 18.2. The summed E-state index contributed by atoms with van der Waals surface area (Å²) >= 11 is 4.87. The highest BCUT2D eigenvalue weighted by atomic mass is 79.9. The Bertz CT molecular complexity index is 1390. The molecule has 0 aliphatic carbocycles. The molecule has 0 unspecified atom stereocenters. The average Bonchev–Trinajstić information content (AvgIpc) is 3.26. The zero-order valence-corrected chi connectivity index (χ0v) is 21.1. The van der Waals surface area contributed by atoms with E-state index in [0.717, 1.165) is 27.2 Å². The van der Waals surface area contributed by atoms with Crippen molar-refractivity contribution in [2.24, 2.45) is 10.1 Å². The normalized spacial score (nSPS) is 11.7. The third-order valence-corrected chi connectivity index (χ3v) is 6.28. The quantitative estimate of drug-likeness (QED) is 0.300.